The van der Waals surface area contributed by atoms with Crippen LogP contribution in [0.25, 0.3) is 11.1 Å². The smallest absolute Gasteiger partial charge is 0.167 e. The Morgan fingerprint density at radius 3 is 2.31 bits per heavy atom. The number of rotatable bonds is 6. The van der Waals surface area contributed by atoms with Gasteiger partial charge in [-0.3, -0.25) is 4.79 Å². The first-order valence-corrected chi connectivity index (χ1v) is 11.6. The molecule has 0 aliphatic heterocycles. The first-order valence-electron chi connectivity index (χ1n) is 9.88. The summed E-state index contributed by atoms with van der Waals surface area (Å²) in [5.41, 5.74) is 7.41. The third-order valence-electron chi connectivity index (χ3n) is 5.66. The van der Waals surface area contributed by atoms with Gasteiger partial charge in [0.15, 0.2) is 15.6 Å². The van der Waals surface area contributed by atoms with Gasteiger partial charge in [0.1, 0.15) is 0 Å². The Kier molecular flexibility index (Phi) is 5.13. The maximum atomic E-state index is 12.9. The zero-order valence-electron chi connectivity index (χ0n) is 16.7. The molecule has 0 N–H and O–H groups in total. The first-order chi connectivity index (χ1) is 13.8. The second kappa shape index (κ2) is 7.60. The van der Waals surface area contributed by atoms with Crippen LogP contribution in [0.2, 0.25) is 0 Å². The quantitative estimate of drug-likeness (QED) is 0.425. The molecule has 3 nitrogen and oxygen atoms in total. The summed E-state index contributed by atoms with van der Waals surface area (Å²) in [4.78, 5) is 12.9. The molecule has 0 saturated carbocycles. The van der Waals surface area contributed by atoms with Crippen molar-refractivity contribution in [2.75, 3.05) is 0 Å². The molecule has 29 heavy (non-hydrogen) atoms. The summed E-state index contributed by atoms with van der Waals surface area (Å²) >= 11 is 0. The van der Waals surface area contributed by atoms with Crippen molar-refractivity contribution < 1.29 is 13.2 Å². The summed E-state index contributed by atoms with van der Waals surface area (Å²) in [6.45, 7) is 3.37. The number of hydrogen-bond donors (Lipinski definition) is 0. The number of benzene rings is 3. The highest BCUT2D eigenvalue weighted by atomic mass is 32.2. The highest BCUT2D eigenvalue weighted by Gasteiger charge is 2.22. The van der Waals surface area contributed by atoms with E-state index in [9.17, 15) is 13.2 Å². The predicted molar refractivity (Wildman–Crippen MR) is 117 cm³/mol. The molecular weight excluding hydrogens is 380 g/mol. The van der Waals surface area contributed by atoms with E-state index in [0.29, 0.717) is 17.5 Å². The Hall–Kier alpha value is -2.72. The predicted octanol–water partition coefficient (Wildman–Crippen LogP) is 5.01. The second-order valence-corrected chi connectivity index (χ2v) is 10.5. The van der Waals surface area contributed by atoms with Gasteiger partial charge in [-0.1, -0.05) is 66.7 Å². The van der Waals surface area contributed by atoms with Crippen LogP contribution >= 0.6 is 0 Å². The van der Waals surface area contributed by atoms with Gasteiger partial charge in [-0.25, -0.2) is 8.42 Å². The van der Waals surface area contributed by atoms with Gasteiger partial charge in [-0.2, -0.15) is 0 Å². The molecule has 4 rings (SSSR count). The van der Waals surface area contributed by atoms with Crippen LogP contribution in [0.3, 0.4) is 0 Å². The lowest BCUT2D eigenvalue weighted by atomic mass is 9.95. The van der Waals surface area contributed by atoms with Crippen LogP contribution in [0, 0.1) is 0 Å². The molecule has 0 radical (unpaired) electrons. The monoisotopic (exact) mass is 404 g/mol. The summed E-state index contributed by atoms with van der Waals surface area (Å²) in [5, 5.41) is -0.409. The molecule has 0 saturated heterocycles. The van der Waals surface area contributed by atoms with Crippen molar-refractivity contribution >= 4 is 15.6 Å². The molecular formula is C25H24O3S. The van der Waals surface area contributed by atoms with E-state index >= 15 is 0 Å². The Bertz CT molecular complexity index is 1170. The van der Waals surface area contributed by atoms with Crippen LogP contribution in [0.1, 0.15) is 46.5 Å². The number of ketones is 1. The second-order valence-electron chi connectivity index (χ2n) is 7.93. The summed E-state index contributed by atoms with van der Waals surface area (Å²) in [6.07, 6.45) is 1.21. The molecule has 0 unspecified atom stereocenters. The minimum atomic E-state index is -3.15. The zero-order valence-corrected chi connectivity index (χ0v) is 17.5. The number of fused-ring (bicyclic) bond motifs is 3. The summed E-state index contributed by atoms with van der Waals surface area (Å²) < 4.78 is 24.2. The maximum Gasteiger partial charge on any atom is 0.167 e. The SMILES string of the molecule is CC(C)S(=O)(=O)Cc1ccc(C(=O)Cc2cccc3c2Cc2ccccc2-3)cc1. The number of carbonyl (C=O) groups excluding carboxylic acids is 1. The minimum absolute atomic E-state index is 0.00356. The van der Waals surface area contributed by atoms with Crippen LogP contribution in [-0.2, 0) is 28.4 Å². The van der Waals surface area contributed by atoms with Crippen molar-refractivity contribution in [3.63, 3.8) is 0 Å². The molecule has 1 aliphatic carbocycles. The van der Waals surface area contributed by atoms with E-state index in [2.05, 4.69) is 24.3 Å². The van der Waals surface area contributed by atoms with Crippen molar-refractivity contribution in [3.8, 4) is 11.1 Å². The number of hydrogen-bond acceptors (Lipinski definition) is 3. The third kappa shape index (κ3) is 3.90. The normalized spacial score (nSPS) is 12.7. The van der Waals surface area contributed by atoms with Crippen LogP contribution in [-0.4, -0.2) is 19.5 Å². The molecule has 0 heterocycles. The summed E-state index contributed by atoms with van der Waals surface area (Å²) in [7, 11) is -3.15. The minimum Gasteiger partial charge on any atom is -0.294 e. The molecule has 0 amide bonds. The van der Waals surface area contributed by atoms with E-state index in [0.717, 1.165) is 12.0 Å². The molecule has 3 aromatic carbocycles. The average Bonchev–Trinajstić information content (AvgIpc) is 3.08. The molecule has 0 atom stereocenters. The highest BCUT2D eigenvalue weighted by Crippen LogP contribution is 2.38. The van der Waals surface area contributed by atoms with Gasteiger partial charge in [-0.15, -0.1) is 0 Å². The molecule has 0 fully saturated rings. The lowest BCUT2D eigenvalue weighted by Crippen LogP contribution is -2.16. The molecule has 0 aromatic heterocycles. The van der Waals surface area contributed by atoms with E-state index in [1.807, 2.05) is 18.2 Å². The van der Waals surface area contributed by atoms with Crippen LogP contribution in [0.4, 0.5) is 0 Å². The Balaban J connectivity index is 1.53. The van der Waals surface area contributed by atoms with Gasteiger partial charge >= 0.3 is 0 Å². The van der Waals surface area contributed by atoms with E-state index < -0.39 is 15.1 Å². The fourth-order valence-corrected chi connectivity index (χ4v) is 4.84. The van der Waals surface area contributed by atoms with Gasteiger partial charge in [0.05, 0.1) is 11.0 Å². The van der Waals surface area contributed by atoms with Gasteiger partial charge in [0.25, 0.3) is 0 Å². The lowest BCUT2D eigenvalue weighted by Gasteiger charge is -2.10. The standard InChI is InChI=1S/C25H24O3S/c1-17(2)29(27,28)16-18-10-12-19(13-11-18)25(26)15-21-7-5-9-23-22-8-4-3-6-20(22)14-24(21)23/h3-13,17H,14-16H2,1-2H3. The average molecular weight is 405 g/mol. The van der Waals surface area contributed by atoms with E-state index in [1.54, 1.807) is 38.1 Å². The van der Waals surface area contributed by atoms with Crippen molar-refractivity contribution in [1.82, 2.24) is 0 Å². The fraction of sp³-hybridized carbons (Fsp3) is 0.240. The lowest BCUT2D eigenvalue weighted by molar-refractivity contribution is 0.0992. The summed E-state index contributed by atoms with van der Waals surface area (Å²) in [5.74, 6) is 0.0523. The van der Waals surface area contributed by atoms with Crippen molar-refractivity contribution in [2.45, 2.75) is 37.7 Å². The Morgan fingerprint density at radius 2 is 1.59 bits per heavy atom. The number of Topliss-reactive ketones (excluding diaryl/α,β-unsaturated/α-hetero) is 1. The number of sulfone groups is 1. The Morgan fingerprint density at radius 1 is 0.897 bits per heavy atom. The van der Waals surface area contributed by atoms with Crippen molar-refractivity contribution in [3.05, 3.63) is 94.5 Å². The Labute approximate surface area is 172 Å². The van der Waals surface area contributed by atoms with Crippen LogP contribution in [0.15, 0.2) is 66.7 Å². The molecule has 4 heteroatoms. The highest BCUT2D eigenvalue weighted by molar-refractivity contribution is 7.91. The topological polar surface area (TPSA) is 51.2 Å². The largest absolute Gasteiger partial charge is 0.294 e. The molecule has 3 aromatic rings. The van der Waals surface area contributed by atoms with E-state index in [1.165, 1.54) is 22.3 Å². The summed E-state index contributed by atoms with van der Waals surface area (Å²) in [6, 6.07) is 21.5. The van der Waals surface area contributed by atoms with Crippen molar-refractivity contribution in [1.29, 1.82) is 0 Å². The maximum absolute atomic E-state index is 12.9. The van der Waals surface area contributed by atoms with Crippen molar-refractivity contribution in [2.24, 2.45) is 0 Å². The van der Waals surface area contributed by atoms with Gasteiger partial charge in [0, 0.05) is 12.0 Å². The third-order valence-corrected chi connectivity index (χ3v) is 7.83. The first kappa shape index (κ1) is 19.6. The van der Waals surface area contributed by atoms with E-state index in [4.69, 9.17) is 0 Å². The van der Waals surface area contributed by atoms with Crippen LogP contribution in [0.5, 0.6) is 0 Å². The molecule has 1 aliphatic rings. The fourth-order valence-electron chi connectivity index (χ4n) is 3.85. The zero-order chi connectivity index (χ0) is 20.6. The molecule has 0 spiro atoms. The van der Waals surface area contributed by atoms with E-state index in [-0.39, 0.29) is 11.5 Å². The number of carbonyl (C=O) groups is 1. The van der Waals surface area contributed by atoms with Gasteiger partial charge in [-0.05, 0) is 53.6 Å². The van der Waals surface area contributed by atoms with Crippen LogP contribution < -0.4 is 0 Å². The molecule has 0 bridgehead atoms. The van der Waals surface area contributed by atoms with Gasteiger partial charge in [0.2, 0.25) is 0 Å². The van der Waals surface area contributed by atoms with Gasteiger partial charge < -0.3 is 0 Å². The molecule has 148 valence electrons.